The van der Waals surface area contributed by atoms with Gasteiger partial charge in [0.15, 0.2) is 11.9 Å². The fraction of sp³-hybridized carbons (Fsp3) is 0.353. The maximum atomic E-state index is 14.9. The number of hydrogen-bond acceptors (Lipinski definition) is 8. The fourth-order valence-corrected chi connectivity index (χ4v) is 7.18. The number of likely N-dealkylation sites (tertiary alicyclic amines) is 1. The zero-order valence-corrected chi connectivity index (χ0v) is 26.9. The Hall–Kier alpha value is -4.52. The highest BCUT2D eigenvalue weighted by Gasteiger charge is 2.44. The maximum absolute atomic E-state index is 14.9. The van der Waals surface area contributed by atoms with Crippen molar-refractivity contribution in [2.75, 3.05) is 42.7 Å². The summed E-state index contributed by atoms with van der Waals surface area (Å²) in [5, 5.41) is 0.651. The highest BCUT2D eigenvalue weighted by atomic mass is 32.1. The summed E-state index contributed by atoms with van der Waals surface area (Å²) in [7, 11) is 0. The standard InChI is InChI=1S/C34H37N5O6S/c1-4-43-20-27(44-5-2)33(41)37-17-9-11-22(19-37)38-29-28-25(15-16-36-32(28)46-30(29)31(35)40)39(34(38)42)24-13-6-7-14-26(24)45-23-12-8-10-21(3)18-23/h6-8,10,12-16,18,22,27H,4-5,9,11,17,19-20H2,1-3H3,(H2,35,40). The van der Waals surface area contributed by atoms with E-state index < -0.39 is 18.1 Å². The molecule has 0 radical (unpaired) electrons. The first kappa shape index (κ1) is 31.5. The van der Waals surface area contributed by atoms with Gasteiger partial charge >= 0.3 is 6.03 Å². The highest BCUT2D eigenvalue weighted by Crippen LogP contribution is 2.51. The number of anilines is 3. The Morgan fingerprint density at radius 2 is 1.91 bits per heavy atom. The van der Waals surface area contributed by atoms with Gasteiger partial charge in [0.25, 0.3) is 11.8 Å². The lowest BCUT2D eigenvalue weighted by atomic mass is 10.00. The topological polar surface area (TPSA) is 128 Å². The summed E-state index contributed by atoms with van der Waals surface area (Å²) in [5.74, 6) is 0.287. The van der Waals surface area contributed by atoms with Crippen molar-refractivity contribution in [2.24, 2.45) is 5.73 Å². The van der Waals surface area contributed by atoms with Crippen molar-refractivity contribution < 1.29 is 28.6 Å². The van der Waals surface area contributed by atoms with Crippen LogP contribution in [0.2, 0.25) is 0 Å². The van der Waals surface area contributed by atoms with Gasteiger partial charge in [-0.3, -0.25) is 19.4 Å². The predicted molar refractivity (Wildman–Crippen MR) is 177 cm³/mol. The summed E-state index contributed by atoms with van der Waals surface area (Å²) in [6.07, 6.45) is 2.14. The van der Waals surface area contributed by atoms with Crippen LogP contribution in [0.5, 0.6) is 11.5 Å². The first-order valence-electron chi connectivity index (χ1n) is 15.5. The molecule has 11 nitrogen and oxygen atoms in total. The van der Waals surface area contributed by atoms with E-state index in [-0.39, 0.29) is 30.0 Å². The third kappa shape index (κ3) is 5.91. The smallest absolute Gasteiger partial charge is 0.334 e. The summed E-state index contributed by atoms with van der Waals surface area (Å²) >= 11 is 1.16. The Morgan fingerprint density at radius 3 is 2.67 bits per heavy atom. The molecular weight excluding hydrogens is 606 g/mol. The van der Waals surface area contributed by atoms with E-state index in [1.54, 1.807) is 27.0 Å². The van der Waals surface area contributed by atoms with E-state index in [1.807, 2.05) is 69.3 Å². The number of amides is 4. The predicted octanol–water partition coefficient (Wildman–Crippen LogP) is 6.01. The van der Waals surface area contributed by atoms with Crippen molar-refractivity contribution in [3.63, 3.8) is 0 Å². The number of primary amides is 1. The zero-order valence-electron chi connectivity index (χ0n) is 26.1. The molecule has 2 aliphatic heterocycles. The number of nitrogens with zero attached hydrogens (tertiary/aromatic N) is 4. The second-order valence-electron chi connectivity index (χ2n) is 11.2. The lowest BCUT2D eigenvalue weighted by molar-refractivity contribution is -0.148. The molecule has 46 heavy (non-hydrogen) atoms. The van der Waals surface area contributed by atoms with E-state index in [4.69, 9.17) is 19.9 Å². The number of piperidine rings is 1. The molecule has 2 aliphatic rings. The third-order valence-corrected chi connectivity index (χ3v) is 9.26. The van der Waals surface area contributed by atoms with Gasteiger partial charge in [-0.05, 0) is 69.5 Å². The van der Waals surface area contributed by atoms with E-state index >= 15 is 0 Å². The Morgan fingerprint density at radius 1 is 1.09 bits per heavy atom. The van der Waals surface area contributed by atoms with Crippen molar-refractivity contribution in [2.45, 2.75) is 45.8 Å². The third-order valence-electron chi connectivity index (χ3n) is 8.16. The van der Waals surface area contributed by atoms with Crippen LogP contribution in [0.25, 0.3) is 10.2 Å². The minimum Gasteiger partial charge on any atom is -0.455 e. The van der Waals surface area contributed by atoms with Gasteiger partial charge < -0.3 is 24.8 Å². The van der Waals surface area contributed by atoms with E-state index in [0.29, 0.717) is 71.4 Å². The average Bonchev–Trinajstić information content (AvgIpc) is 3.44. The summed E-state index contributed by atoms with van der Waals surface area (Å²) < 4.78 is 17.6. The molecule has 12 heteroatoms. The van der Waals surface area contributed by atoms with Gasteiger partial charge in [0.2, 0.25) is 0 Å². The summed E-state index contributed by atoms with van der Waals surface area (Å²) in [6, 6.07) is 16.0. The molecular formula is C34H37N5O6S. The number of hydrogen-bond donors (Lipinski definition) is 1. The molecule has 0 saturated carbocycles. The lowest BCUT2D eigenvalue weighted by Crippen LogP contribution is -2.57. The van der Waals surface area contributed by atoms with E-state index in [9.17, 15) is 14.4 Å². The molecule has 2 atom stereocenters. The van der Waals surface area contributed by atoms with Crippen LogP contribution in [0.3, 0.4) is 0 Å². The summed E-state index contributed by atoms with van der Waals surface area (Å²) in [4.78, 5) is 51.7. The molecule has 1 saturated heterocycles. The van der Waals surface area contributed by atoms with Gasteiger partial charge in [-0.25, -0.2) is 9.78 Å². The van der Waals surface area contributed by atoms with Crippen LogP contribution in [0.1, 0.15) is 41.9 Å². The molecule has 4 heterocycles. The number of thiophene rings is 1. The number of rotatable bonds is 11. The molecule has 0 aliphatic carbocycles. The van der Waals surface area contributed by atoms with Crippen LogP contribution in [-0.2, 0) is 14.3 Å². The van der Waals surface area contributed by atoms with Gasteiger partial charge in [0.05, 0.1) is 35.1 Å². The first-order chi connectivity index (χ1) is 22.3. The molecule has 240 valence electrons. The monoisotopic (exact) mass is 643 g/mol. The Balaban J connectivity index is 1.44. The number of para-hydroxylation sites is 2. The number of aromatic nitrogens is 1. The number of ether oxygens (including phenoxy) is 3. The minimum absolute atomic E-state index is 0.147. The van der Waals surface area contributed by atoms with Crippen molar-refractivity contribution in [1.29, 1.82) is 0 Å². The second-order valence-corrected chi connectivity index (χ2v) is 12.2. The molecule has 2 N–H and O–H groups in total. The molecule has 4 aromatic rings. The quantitative estimate of drug-likeness (QED) is 0.212. The van der Waals surface area contributed by atoms with E-state index in [1.165, 1.54) is 0 Å². The molecule has 1 fully saturated rings. The number of nitrogens with two attached hydrogens (primary N) is 1. The van der Waals surface area contributed by atoms with Crippen molar-refractivity contribution in [3.05, 3.63) is 71.2 Å². The fourth-order valence-electron chi connectivity index (χ4n) is 6.17. The second kappa shape index (κ2) is 13.5. The van der Waals surface area contributed by atoms with Crippen LogP contribution in [0.4, 0.5) is 21.9 Å². The van der Waals surface area contributed by atoms with Gasteiger partial charge in [0, 0.05) is 32.5 Å². The van der Waals surface area contributed by atoms with Crippen LogP contribution < -0.4 is 20.3 Å². The van der Waals surface area contributed by atoms with E-state index in [2.05, 4.69) is 4.98 Å². The molecule has 0 bridgehead atoms. The van der Waals surface area contributed by atoms with Crippen LogP contribution >= 0.6 is 11.3 Å². The molecule has 6 rings (SSSR count). The van der Waals surface area contributed by atoms with Crippen LogP contribution in [0.15, 0.2) is 60.8 Å². The lowest BCUT2D eigenvalue weighted by Gasteiger charge is -2.44. The number of pyridine rings is 1. The maximum Gasteiger partial charge on any atom is 0.334 e. The van der Waals surface area contributed by atoms with Gasteiger partial charge in [-0.1, -0.05) is 24.3 Å². The normalized spacial score (nSPS) is 17.0. The number of carbonyl (C=O) groups is 3. The largest absolute Gasteiger partial charge is 0.455 e. The van der Waals surface area contributed by atoms with Crippen molar-refractivity contribution in [3.8, 4) is 11.5 Å². The zero-order chi connectivity index (χ0) is 32.4. The molecule has 2 unspecified atom stereocenters. The molecule has 0 spiro atoms. The Labute approximate surface area is 271 Å². The molecule has 2 aromatic heterocycles. The molecule has 2 aromatic carbocycles. The Kier molecular flexibility index (Phi) is 9.20. The SMILES string of the molecule is CCOCC(OCC)C(=O)N1CCCC(N2C(=O)N(c3ccccc3Oc3cccc(C)c3)c3ccnc4sc(C(N)=O)c2c34)C1. The van der Waals surface area contributed by atoms with Crippen LogP contribution in [-0.4, -0.2) is 72.8 Å². The average molecular weight is 644 g/mol. The van der Waals surface area contributed by atoms with Crippen molar-refractivity contribution in [1.82, 2.24) is 9.88 Å². The van der Waals surface area contributed by atoms with Gasteiger partial charge in [-0.15, -0.1) is 11.3 Å². The number of urea groups is 1. The minimum atomic E-state index is -0.748. The van der Waals surface area contributed by atoms with Crippen LogP contribution in [0, 0.1) is 6.92 Å². The highest BCUT2D eigenvalue weighted by molar-refractivity contribution is 7.21. The summed E-state index contributed by atoms with van der Waals surface area (Å²) in [5.41, 5.74) is 8.48. The van der Waals surface area contributed by atoms with Gasteiger partial charge in [0.1, 0.15) is 15.5 Å². The van der Waals surface area contributed by atoms with Crippen molar-refractivity contribution >= 4 is 56.5 Å². The molecule has 4 amide bonds. The van der Waals surface area contributed by atoms with E-state index in [0.717, 1.165) is 16.9 Å². The number of benzene rings is 2. The number of aryl methyl sites for hydroxylation is 1. The summed E-state index contributed by atoms with van der Waals surface area (Å²) in [6.45, 7) is 7.43. The number of carbonyl (C=O) groups excluding carboxylic acids is 3. The Bertz CT molecular complexity index is 1780. The van der Waals surface area contributed by atoms with Gasteiger partial charge in [-0.2, -0.15) is 0 Å². The first-order valence-corrected chi connectivity index (χ1v) is 16.3.